The van der Waals surface area contributed by atoms with Crippen molar-refractivity contribution in [1.29, 1.82) is 0 Å². The van der Waals surface area contributed by atoms with Gasteiger partial charge in [-0.15, -0.1) is 0 Å². The van der Waals surface area contributed by atoms with Crippen LogP contribution in [0.4, 0.5) is 0 Å². The molecule has 2 nitrogen and oxygen atoms in total. The molecule has 67 heavy (non-hydrogen) atoms. The molecule has 1 aliphatic carbocycles. The summed E-state index contributed by atoms with van der Waals surface area (Å²) in [4.78, 5) is 0. The van der Waals surface area contributed by atoms with E-state index in [0.717, 1.165) is 11.4 Å². The van der Waals surface area contributed by atoms with Gasteiger partial charge in [-0.2, -0.15) is 0 Å². The van der Waals surface area contributed by atoms with Crippen LogP contribution in [0.5, 0.6) is 0 Å². The van der Waals surface area contributed by atoms with Crippen LogP contribution < -0.4 is 0 Å². The van der Waals surface area contributed by atoms with Gasteiger partial charge in [0.05, 0.1) is 22.1 Å². The Morgan fingerprint density at radius 3 is 1.21 bits per heavy atom. The molecule has 1 aliphatic rings. The number of hydrogen-bond donors (Lipinski definition) is 0. The monoisotopic (exact) mass is 852 g/mol. The smallest absolute Gasteiger partial charge is 0.0619 e. The molecule has 0 amide bonds. The van der Waals surface area contributed by atoms with Crippen LogP contribution in [0.2, 0.25) is 0 Å². The molecule has 2 aromatic heterocycles. The Balaban J connectivity index is 1.15. The van der Waals surface area contributed by atoms with Crippen LogP contribution in [0.1, 0.15) is 25.0 Å². The van der Waals surface area contributed by atoms with Crippen molar-refractivity contribution in [2.24, 2.45) is 0 Å². The number of para-hydroxylation sites is 6. The van der Waals surface area contributed by atoms with Crippen molar-refractivity contribution >= 4 is 65.2 Å². The van der Waals surface area contributed by atoms with Crippen molar-refractivity contribution in [3.8, 4) is 55.9 Å². The zero-order valence-electron chi connectivity index (χ0n) is 37.3. The Morgan fingerprint density at radius 2 is 0.657 bits per heavy atom. The van der Waals surface area contributed by atoms with Crippen molar-refractivity contribution in [2.75, 3.05) is 0 Å². The van der Waals surface area contributed by atoms with Crippen LogP contribution >= 0.6 is 0 Å². The lowest BCUT2D eigenvalue weighted by atomic mass is 9.81. The quantitative estimate of drug-likeness (QED) is 0.153. The largest absolute Gasteiger partial charge is 0.309 e. The Hall–Kier alpha value is -8.46. The van der Waals surface area contributed by atoms with Crippen molar-refractivity contribution in [3.05, 3.63) is 242 Å². The summed E-state index contributed by atoms with van der Waals surface area (Å²) in [7, 11) is 0. The van der Waals surface area contributed by atoms with E-state index in [1.807, 2.05) is 0 Å². The highest BCUT2D eigenvalue weighted by molar-refractivity contribution is 6.24. The third-order valence-electron chi connectivity index (χ3n) is 14.9. The van der Waals surface area contributed by atoms with E-state index < -0.39 is 0 Å². The Morgan fingerprint density at radius 1 is 0.269 bits per heavy atom. The van der Waals surface area contributed by atoms with E-state index in [4.69, 9.17) is 0 Å². The van der Waals surface area contributed by atoms with E-state index in [2.05, 4.69) is 254 Å². The molecule has 0 radical (unpaired) electrons. The van der Waals surface area contributed by atoms with Gasteiger partial charge in [0.15, 0.2) is 0 Å². The van der Waals surface area contributed by atoms with Gasteiger partial charge >= 0.3 is 0 Å². The summed E-state index contributed by atoms with van der Waals surface area (Å²) in [6.45, 7) is 4.77. The van der Waals surface area contributed by atoms with Crippen LogP contribution in [0.15, 0.2) is 231 Å². The molecule has 0 atom stereocenters. The molecule has 0 fully saturated rings. The summed E-state index contributed by atoms with van der Waals surface area (Å²) in [5, 5.41) is 9.94. The van der Waals surface area contributed by atoms with E-state index in [0.29, 0.717) is 0 Å². The fourth-order valence-electron chi connectivity index (χ4n) is 12.1. The fourth-order valence-corrected chi connectivity index (χ4v) is 12.1. The van der Waals surface area contributed by atoms with Crippen molar-refractivity contribution in [2.45, 2.75) is 19.3 Å². The van der Waals surface area contributed by atoms with Gasteiger partial charge in [-0.3, -0.25) is 0 Å². The molecule has 0 saturated heterocycles. The van der Waals surface area contributed by atoms with Crippen LogP contribution in [-0.4, -0.2) is 9.13 Å². The van der Waals surface area contributed by atoms with Gasteiger partial charge < -0.3 is 9.13 Å². The SMILES string of the molecule is CC1(C)c2ccccc2-c2c(-c3c4cccc(-c5cccc6c7ccccc7n(-c7ccccc7)c56)c4cc4c(-c5cccc6c7ccccc7n(-c7ccccc7)c56)cccc34)cccc21. The fraction of sp³-hybridized carbons (Fsp3) is 0.0462. The molecule has 13 aromatic rings. The molecule has 0 spiro atoms. The Bertz CT molecular complexity index is 3950. The first kappa shape index (κ1) is 37.9. The van der Waals surface area contributed by atoms with Gasteiger partial charge in [-0.05, 0) is 109 Å². The number of benzene rings is 11. The molecule has 14 rings (SSSR count). The Labute approximate surface area is 389 Å². The molecular weight excluding hydrogens is 809 g/mol. The standard InChI is InChI=1S/C65H44N2/c1-65(2)57-36-12-9-26-53(57)62-54(35-19-37-58(62)65)61-47-29-15-27-43(49-31-17-33-51-45-24-10-13-38-59(45)66(63(49)51)41-20-5-3-6-21-41)55(47)40-56-44(28-16-30-48(56)61)50-32-18-34-52-46-25-11-14-39-60(46)67(64(50)52)42-22-7-4-8-23-42/h3-40H,1-2H3. The second kappa shape index (κ2) is 14.3. The molecule has 0 aliphatic heterocycles. The van der Waals surface area contributed by atoms with Crippen molar-refractivity contribution in [3.63, 3.8) is 0 Å². The summed E-state index contributed by atoms with van der Waals surface area (Å²) in [5.41, 5.74) is 19.8. The van der Waals surface area contributed by atoms with Crippen LogP contribution in [0.3, 0.4) is 0 Å². The third kappa shape index (κ3) is 5.33. The van der Waals surface area contributed by atoms with Crippen molar-refractivity contribution < 1.29 is 0 Å². The summed E-state index contributed by atoms with van der Waals surface area (Å²) in [6.07, 6.45) is 0. The zero-order valence-corrected chi connectivity index (χ0v) is 37.3. The average molecular weight is 853 g/mol. The molecule has 0 N–H and O–H groups in total. The maximum Gasteiger partial charge on any atom is 0.0619 e. The summed E-state index contributed by atoms with van der Waals surface area (Å²) >= 11 is 0. The summed E-state index contributed by atoms with van der Waals surface area (Å²) < 4.78 is 4.94. The van der Waals surface area contributed by atoms with Gasteiger partial charge in [-0.1, -0.05) is 202 Å². The summed E-state index contributed by atoms with van der Waals surface area (Å²) in [6, 6.07) is 85.8. The van der Waals surface area contributed by atoms with Gasteiger partial charge in [0.1, 0.15) is 0 Å². The molecule has 2 heterocycles. The predicted octanol–water partition coefficient (Wildman–Crippen LogP) is 17.5. The number of rotatable bonds is 5. The molecule has 314 valence electrons. The lowest BCUT2D eigenvalue weighted by Gasteiger charge is -2.23. The van der Waals surface area contributed by atoms with Gasteiger partial charge in [0.25, 0.3) is 0 Å². The molecule has 0 unspecified atom stereocenters. The van der Waals surface area contributed by atoms with Gasteiger partial charge in [-0.25, -0.2) is 0 Å². The minimum absolute atomic E-state index is 0.139. The molecule has 2 heteroatoms. The highest BCUT2D eigenvalue weighted by Crippen LogP contribution is 2.55. The van der Waals surface area contributed by atoms with E-state index in [9.17, 15) is 0 Å². The topological polar surface area (TPSA) is 9.86 Å². The molecular formula is C65H44N2. The zero-order chi connectivity index (χ0) is 44.4. The number of hydrogen-bond acceptors (Lipinski definition) is 0. The minimum atomic E-state index is -0.139. The van der Waals surface area contributed by atoms with Gasteiger partial charge in [0.2, 0.25) is 0 Å². The van der Waals surface area contributed by atoms with Crippen LogP contribution in [0.25, 0.3) is 121 Å². The van der Waals surface area contributed by atoms with E-state index in [1.54, 1.807) is 0 Å². The average Bonchev–Trinajstić information content (AvgIpc) is 3.99. The second-order valence-electron chi connectivity index (χ2n) is 18.7. The first-order valence-corrected chi connectivity index (χ1v) is 23.4. The van der Waals surface area contributed by atoms with Crippen molar-refractivity contribution in [1.82, 2.24) is 9.13 Å². The maximum absolute atomic E-state index is 2.52. The van der Waals surface area contributed by atoms with E-state index in [-0.39, 0.29) is 5.41 Å². The van der Waals surface area contributed by atoms with Gasteiger partial charge in [0, 0.05) is 49.5 Å². The lowest BCUT2D eigenvalue weighted by molar-refractivity contribution is 0.660. The molecule has 11 aromatic carbocycles. The van der Waals surface area contributed by atoms with Crippen LogP contribution in [0, 0.1) is 0 Å². The number of nitrogens with zero attached hydrogens (tertiary/aromatic N) is 2. The predicted molar refractivity (Wildman–Crippen MR) is 284 cm³/mol. The lowest BCUT2D eigenvalue weighted by Crippen LogP contribution is -2.14. The van der Waals surface area contributed by atoms with Crippen LogP contribution in [-0.2, 0) is 5.41 Å². The molecule has 0 saturated carbocycles. The Kier molecular flexibility index (Phi) is 8.06. The maximum atomic E-state index is 2.52. The summed E-state index contributed by atoms with van der Waals surface area (Å²) in [5.74, 6) is 0. The highest BCUT2D eigenvalue weighted by atomic mass is 15.0. The minimum Gasteiger partial charge on any atom is -0.309 e. The number of fused-ring (bicyclic) bond motifs is 11. The first-order chi connectivity index (χ1) is 33.1. The number of aromatic nitrogens is 2. The highest BCUT2D eigenvalue weighted by Gasteiger charge is 2.37. The van der Waals surface area contributed by atoms with E-state index >= 15 is 0 Å². The van der Waals surface area contributed by atoms with E-state index in [1.165, 1.54) is 121 Å². The normalized spacial score (nSPS) is 13.0. The first-order valence-electron chi connectivity index (χ1n) is 23.4. The second-order valence-corrected chi connectivity index (χ2v) is 18.7. The molecule has 0 bridgehead atoms. The third-order valence-corrected chi connectivity index (χ3v) is 14.9.